The first-order valence-electron chi connectivity index (χ1n) is 11.1. The Morgan fingerprint density at radius 1 is 1.11 bits per heavy atom. The van der Waals surface area contributed by atoms with Crippen molar-refractivity contribution in [2.45, 2.75) is 77.2 Å². The molecule has 1 aromatic rings. The standard InChI is InChI=1S/C24H34N2O/c1-3-5-17-6-9-20(10-7-17)26-14-12-18(13-15-26)19-8-11-22-21(4-2)24(27)25-23(22)16-19/h4,8,11,16-18,20H,3,5-7,9-10,12-15H2,1-2H3,(H,25,27). The molecule has 1 aliphatic carbocycles. The maximum atomic E-state index is 12.0. The fraction of sp³-hybridized carbons (Fsp3) is 0.625. The van der Waals surface area contributed by atoms with Crippen LogP contribution in [0, 0.1) is 5.92 Å². The van der Waals surface area contributed by atoms with Crippen molar-refractivity contribution in [3.63, 3.8) is 0 Å². The van der Waals surface area contributed by atoms with E-state index in [4.69, 9.17) is 0 Å². The van der Waals surface area contributed by atoms with Crippen LogP contribution in [0.4, 0.5) is 5.69 Å². The molecule has 0 aromatic heterocycles. The molecule has 3 heteroatoms. The van der Waals surface area contributed by atoms with Gasteiger partial charge in [-0.15, -0.1) is 0 Å². The normalized spacial score (nSPS) is 28.4. The van der Waals surface area contributed by atoms with Gasteiger partial charge in [0.1, 0.15) is 0 Å². The quantitative estimate of drug-likeness (QED) is 0.706. The summed E-state index contributed by atoms with van der Waals surface area (Å²) in [7, 11) is 0. The molecule has 1 saturated heterocycles. The van der Waals surface area contributed by atoms with Crippen LogP contribution in [-0.4, -0.2) is 29.9 Å². The van der Waals surface area contributed by atoms with Gasteiger partial charge in [0.2, 0.25) is 0 Å². The van der Waals surface area contributed by atoms with Crippen LogP contribution >= 0.6 is 0 Å². The number of hydrogen-bond donors (Lipinski definition) is 1. The Morgan fingerprint density at radius 3 is 2.52 bits per heavy atom. The number of rotatable bonds is 4. The Hall–Kier alpha value is -1.61. The number of carbonyl (C=O) groups is 1. The lowest BCUT2D eigenvalue weighted by Crippen LogP contribution is -2.42. The van der Waals surface area contributed by atoms with E-state index in [9.17, 15) is 4.79 Å². The van der Waals surface area contributed by atoms with E-state index in [1.54, 1.807) is 0 Å². The molecular formula is C24H34N2O. The van der Waals surface area contributed by atoms with Gasteiger partial charge in [-0.3, -0.25) is 4.79 Å². The lowest BCUT2D eigenvalue weighted by atomic mass is 9.81. The van der Waals surface area contributed by atoms with Gasteiger partial charge < -0.3 is 10.2 Å². The van der Waals surface area contributed by atoms with Crippen LogP contribution in [0.1, 0.15) is 82.3 Å². The lowest BCUT2D eigenvalue weighted by molar-refractivity contribution is -0.110. The third-order valence-corrected chi connectivity index (χ3v) is 7.15. The van der Waals surface area contributed by atoms with Crippen molar-refractivity contribution in [2.75, 3.05) is 18.4 Å². The summed E-state index contributed by atoms with van der Waals surface area (Å²) in [6.45, 7) is 6.72. The fourth-order valence-corrected chi connectivity index (χ4v) is 5.56. The molecule has 1 amide bonds. The highest BCUT2D eigenvalue weighted by Gasteiger charge is 2.30. The summed E-state index contributed by atoms with van der Waals surface area (Å²) in [6.07, 6.45) is 12.9. The van der Waals surface area contributed by atoms with E-state index in [-0.39, 0.29) is 5.91 Å². The van der Waals surface area contributed by atoms with E-state index in [1.165, 1.54) is 70.0 Å². The number of piperidine rings is 1. The maximum absolute atomic E-state index is 12.0. The van der Waals surface area contributed by atoms with Crippen molar-refractivity contribution < 1.29 is 4.79 Å². The molecule has 0 spiro atoms. The Balaban J connectivity index is 1.34. The Morgan fingerprint density at radius 2 is 1.85 bits per heavy atom. The smallest absolute Gasteiger partial charge is 0.256 e. The molecule has 27 heavy (non-hydrogen) atoms. The molecule has 0 atom stereocenters. The van der Waals surface area contributed by atoms with Gasteiger partial charge in [-0.2, -0.15) is 0 Å². The summed E-state index contributed by atoms with van der Waals surface area (Å²) in [4.78, 5) is 14.8. The molecule has 0 radical (unpaired) electrons. The van der Waals surface area contributed by atoms with Crippen LogP contribution in [0.2, 0.25) is 0 Å². The summed E-state index contributed by atoms with van der Waals surface area (Å²) < 4.78 is 0. The summed E-state index contributed by atoms with van der Waals surface area (Å²) in [6, 6.07) is 7.44. The predicted molar refractivity (Wildman–Crippen MR) is 113 cm³/mol. The highest BCUT2D eigenvalue weighted by atomic mass is 16.2. The molecule has 1 aromatic carbocycles. The van der Waals surface area contributed by atoms with Crippen molar-refractivity contribution >= 4 is 17.2 Å². The van der Waals surface area contributed by atoms with Gasteiger partial charge in [0.15, 0.2) is 0 Å². The van der Waals surface area contributed by atoms with Crippen LogP contribution in [-0.2, 0) is 4.79 Å². The van der Waals surface area contributed by atoms with Crippen LogP contribution in [0.15, 0.2) is 24.3 Å². The van der Waals surface area contributed by atoms with E-state index < -0.39 is 0 Å². The van der Waals surface area contributed by atoms with Crippen LogP contribution in [0.25, 0.3) is 5.57 Å². The summed E-state index contributed by atoms with van der Waals surface area (Å²) in [5, 5.41) is 3.04. The zero-order valence-corrected chi connectivity index (χ0v) is 17.0. The predicted octanol–water partition coefficient (Wildman–Crippen LogP) is 5.58. The summed E-state index contributed by atoms with van der Waals surface area (Å²) >= 11 is 0. The Labute approximate surface area is 164 Å². The SMILES string of the molecule is CC=C1C(=O)Nc2cc(C3CCN(C4CCC(CCC)CC4)CC3)ccc21. The zero-order chi connectivity index (χ0) is 18.8. The average molecular weight is 367 g/mol. The van der Waals surface area contributed by atoms with E-state index in [0.717, 1.165) is 28.8 Å². The minimum absolute atomic E-state index is 0.0399. The second-order valence-electron chi connectivity index (χ2n) is 8.73. The van der Waals surface area contributed by atoms with E-state index in [0.29, 0.717) is 5.92 Å². The lowest BCUT2D eigenvalue weighted by Gasteiger charge is -2.41. The van der Waals surface area contributed by atoms with Gasteiger partial charge in [-0.25, -0.2) is 0 Å². The van der Waals surface area contributed by atoms with Crippen LogP contribution < -0.4 is 5.32 Å². The topological polar surface area (TPSA) is 32.3 Å². The second kappa shape index (κ2) is 8.18. The van der Waals surface area contributed by atoms with E-state index in [2.05, 4.69) is 35.3 Å². The molecule has 3 nitrogen and oxygen atoms in total. The highest BCUT2D eigenvalue weighted by Crippen LogP contribution is 2.38. The average Bonchev–Trinajstić information content (AvgIpc) is 3.03. The van der Waals surface area contributed by atoms with Crippen LogP contribution in [0.3, 0.4) is 0 Å². The van der Waals surface area contributed by atoms with Crippen molar-refractivity contribution in [3.05, 3.63) is 35.4 Å². The van der Waals surface area contributed by atoms with Gasteiger partial charge in [-0.1, -0.05) is 38.0 Å². The van der Waals surface area contributed by atoms with E-state index >= 15 is 0 Å². The van der Waals surface area contributed by atoms with E-state index in [1.807, 2.05) is 13.0 Å². The number of hydrogen-bond acceptors (Lipinski definition) is 2. The number of anilines is 1. The number of nitrogens with zero attached hydrogens (tertiary/aromatic N) is 1. The fourth-order valence-electron chi connectivity index (χ4n) is 5.56. The molecule has 1 N–H and O–H groups in total. The number of amides is 1. The molecular weight excluding hydrogens is 332 g/mol. The summed E-state index contributed by atoms with van der Waals surface area (Å²) in [5.41, 5.74) is 4.28. The molecule has 146 valence electrons. The molecule has 2 fully saturated rings. The zero-order valence-electron chi connectivity index (χ0n) is 17.0. The van der Waals surface area contributed by atoms with Gasteiger partial charge in [0, 0.05) is 22.9 Å². The first-order valence-corrected chi connectivity index (χ1v) is 11.1. The van der Waals surface area contributed by atoms with Gasteiger partial charge in [0.25, 0.3) is 5.91 Å². The van der Waals surface area contributed by atoms with Crippen molar-refractivity contribution in [2.24, 2.45) is 5.92 Å². The van der Waals surface area contributed by atoms with Gasteiger partial charge in [0.05, 0.1) is 0 Å². The minimum atomic E-state index is 0.0399. The summed E-state index contributed by atoms with van der Waals surface area (Å²) in [5.74, 6) is 1.67. The molecule has 0 unspecified atom stereocenters. The second-order valence-corrected chi connectivity index (χ2v) is 8.73. The Bertz CT molecular complexity index is 707. The molecule has 2 heterocycles. The molecule has 2 aliphatic heterocycles. The first kappa shape index (κ1) is 18.7. The first-order chi connectivity index (χ1) is 13.2. The molecule has 0 bridgehead atoms. The maximum Gasteiger partial charge on any atom is 0.256 e. The minimum Gasteiger partial charge on any atom is -0.321 e. The monoisotopic (exact) mass is 366 g/mol. The number of fused-ring (bicyclic) bond motifs is 1. The van der Waals surface area contributed by atoms with Crippen molar-refractivity contribution in [1.82, 2.24) is 4.90 Å². The number of carbonyl (C=O) groups excluding carboxylic acids is 1. The number of allylic oxidation sites excluding steroid dienone is 1. The molecule has 3 aliphatic rings. The Kier molecular flexibility index (Phi) is 5.68. The number of benzene rings is 1. The molecule has 4 rings (SSSR count). The number of likely N-dealkylation sites (tertiary alicyclic amines) is 1. The third-order valence-electron chi connectivity index (χ3n) is 7.15. The van der Waals surface area contributed by atoms with Crippen molar-refractivity contribution in [3.8, 4) is 0 Å². The van der Waals surface area contributed by atoms with Crippen LogP contribution in [0.5, 0.6) is 0 Å². The van der Waals surface area contributed by atoms with Crippen molar-refractivity contribution in [1.29, 1.82) is 0 Å². The van der Waals surface area contributed by atoms with Gasteiger partial charge >= 0.3 is 0 Å². The highest BCUT2D eigenvalue weighted by molar-refractivity contribution is 6.31. The van der Waals surface area contributed by atoms with Gasteiger partial charge in [-0.05, 0) is 82.0 Å². The number of nitrogens with one attached hydrogen (secondary N) is 1. The largest absolute Gasteiger partial charge is 0.321 e. The molecule has 1 saturated carbocycles. The third kappa shape index (κ3) is 3.85.